The minimum atomic E-state index is -0.776. The molecular weight excluding hydrogens is 350 g/mol. The second-order valence-electron chi connectivity index (χ2n) is 3.45. The molecule has 0 saturated heterocycles. The third-order valence-corrected chi connectivity index (χ3v) is 3.93. The molecule has 4 nitrogen and oxygen atoms in total. The monoisotopic (exact) mass is 358 g/mol. The summed E-state index contributed by atoms with van der Waals surface area (Å²) in [5.41, 5.74) is -0.364. The van der Waals surface area contributed by atoms with Crippen molar-refractivity contribution in [3.63, 3.8) is 0 Å². The zero-order valence-corrected chi connectivity index (χ0v) is 13.6. The number of esters is 2. The van der Waals surface area contributed by atoms with Crippen LogP contribution in [-0.2, 0) is 9.47 Å². The van der Waals surface area contributed by atoms with Crippen LogP contribution in [0.3, 0.4) is 0 Å². The van der Waals surface area contributed by atoms with Crippen molar-refractivity contribution in [2.45, 2.75) is 13.8 Å². The van der Waals surface area contributed by atoms with E-state index in [1.54, 1.807) is 13.8 Å². The molecule has 1 aromatic carbocycles. The Labute approximate surface area is 135 Å². The van der Waals surface area contributed by atoms with E-state index in [0.29, 0.717) is 0 Å². The Kier molecular flexibility index (Phi) is 6.40. The molecule has 0 aromatic heterocycles. The zero-order valence-electron chi connectivity index (χ0n) is 10.6. The fourth-order valence-electron chi connectivity index (χ4n) is 1.40. The largest absolute Gasteiger partial charge is 0.462 e. The standard InChI is InChI=1S/C12H10Cl4O4/c1-3-19-11(17)5-7(13)9(15)6(10(16)8(5)14)12(18)20-4-2/h3-4H2,1-2H3. The second kappa shape index (κ2) is 7.36. The van der Waals surface area contributed by atoms with E-state index >= 15 is 0 Å². The Balaban J connectivity index is 3.49. The first kappa shape index (κ1) is 17.4. The summed E-state index contributed by atoms with van der Waals surface area (Å²) in [7, 11) is 0. The van der Waals surface area contributed by atoms with Crippen LogP contribution in [0.1, 0.15) is 34.6 Å². The van der Waals surface area contributed by atoms with Crippen LogP contribution in [0.15, 0.2) is 0 Å². The first-order valence-electron chi connectivity index (χ1n) is 5.56. The lowest BCUT2D eigenvalue weighted by Crippen LogP contribution is -2.12. The van der Waals surface area contributed by atoms with Crippen molar-refractivity contribution < 1.29 is 19.1 Å². The number of ether oxygens (including phenoxy) is 2. The summed E-state index contributed by atoms with van der Waals surface area (Å²) in [6.45, 7) is 3.49. The van der Waals surface area contributed by atoms with Crippen LogP contribution < -0.4 is 0 Å². The normalized spacial score (nSPS) is 10.3. The lowest BCUT2D eigenvalue weighted by molar-refractivity contribution is 0.0512. The van der Waals surface area contributed by atoms with Crippen LogP contribution in [0, 0.1) is 0 Å². The second-order valence-corrected chi connectivity index (χ2v) is 4.96. The van der Waals surface area contributed by atoms with Crippen molar-refractivity contribution >= 4 is 58.3 Å². The molecule has 0 unspecified atom stereocenters. The Bertz CT molecular complexity index is 479. The first-order valence-corrected chi connectivity index (χ1v) is 7.08. The van der Waals surface area contributed by atoms with E-state index < -0.39 is 11.9 Å². The van der Waals surface area contributed by atoms with Gasteiger partial charge in [-0.3, -0.25) is 0 Å². The maximum atomic E-state index is 11.8. The quantitative estimate of drug-likeness (QED) is 0.579. The minimum Gasteiger partial charge on any atom is -0.462 e. The molecule has 0 fully saturated rings. The van der Waals surface area contributed by atoms with Gasteiger partial charge in [-0.1, -0.05) is 46.4 Å². The Morgan fingerprint density at radius 3 is 1.20 bits per heavy atom. The molecule has 0 aliphatic rings. The van der Waals surface area contributed by atoms with Gasteiger partial charge < -0.3 is 9.47 Å². The highest BCUT2D eigenvalue weighted by atomic mass is 35.5. The Morgan fingerprint density at radius 1 is 0.750 bits per heavy atom. The molecule has 0 N–H and O–H groups in total. The molecule has 110 valence electrons. The van der Waals surface area contributed by atoms with Gasteiger partial charge in [0, 0.05) is 0 Å². The van der Waals surface area contributed by atoms with Crippen molar-refractivity contribution in [2.75, 3.05) is 13.2 Å². The van der Waals surface area contributed by atoms with Gasteiger partial charge in [0.25, 0.3) is 0 Å². The lowest BCUT2D eigenvalue weighted by atomic mass is 10.1. The SMILES string of the molecule is CCOC(=O)c1c(Cl)c(Cl)c(C(=O)OCC)c(Cl)c1Cl. The van der Waals surface area contributed by atoms with Gasteiger partial charge in [0.1, 0.15) is 0 Å². The average Bonchev–Trinajstić information content (AvgIpc) is 2.37. The van der Waals surface area contributed by atoms with Crippen LogP contribution in [0.25, 0.3) is 0 Å². The molecule has 1 aromatic rings. The Morgan fingerprint density at radius 2 is 1.00 bits per heavy atom. The van der Waals surface area contributed by atoms with E-state index in [4.69, 9.17) is 55.9 Å². The number of hydrogen-bond donors (Lipinski definition) is 0. The summed E-state index contributed by atoms with van der Waals surface area (Å²) in [5.74, 6) is -1.55. The summed E-state index contributed by atoms with van der Waals surface area (Å²) in [5, 5.41) is -0.824. The zero-order chi connectivity index (χ0) is 15.4. The molecule has 1 rings (SSSR count). The average molecular weight is 360 g/mol. The highest BCUT2D eigenvalue weighted by Crippen LogP contribution is 2.41. The van der Waals surface area contributed by atoms with E-state index in [9.17, 15) is 9.59 Å². The van der Waals surface area contributed by atoms with Crippen LogP contribution in [0.5, 0.6) is 0 Å². The van der Waals surface area contributed by atoms with Gasteiger partial charge in [0.2, 0.25) is 0 Å². The summed E-state index contributed by atoms with van der Waals surface area (Å²) >= 11 is 23.9. The fourth-order valence-corrected chi connectivity index (χ4v) is 2.56. The third-order valence-electron chi connectivity index (χ3n) is 2.22. The van der Waals surface area contributed by atoms with Crippen molar-refractivity contribution in [1.29, 1.82) is 0 Å². The molecule has 0 bridgehead atoms. The molecule has 0 amide bonds. The topological polar surface area (TPSA) is 52.6 Å². The van der Waals surface area contributed by atoms with Crippen LogP contribution in [0.4, 0.5) is 0 Å². The van der Waals surface area contributed by atoms with E-state index in [0.717, 1.165) is 0 Å². The van der Waals surface area contributed by atoms with Gasteiger partial charge in [0.15, 0.2) is 0 Å². The van der Waals surface area contributed by atoms with Crippen molar-refractivity contribution in [1.82, 2.24) is 0 Å². The van der Waals surface area contributed by atoms with Gasteiger partial charge in [0.05, 0.1) is 44.4 Å². The van der Waals surface area contributed by atoms with E-state index in [1.807, 2.05) is 0 Å². The fraction of sp³-hybridized carbons (Fsp3) is 0.333. The van der Waals surface area contributed by atoms with Gasteiger partial charge in [-0.15, -0.1) is 0 Å². The predicted molar refractivity (Wildman–Crippen MR) is 78.4 cm³/mol. The number of carbonyl (C=O) groups excluding carboxylic acids is 2. The van der Waals surface area contributed by atoms with Gasteiger partial charge in [-0.2, -0.15) is 0 Å². The Hall–Kier alpha value is -0.680. The molecule has 0 atom stereocenters. The van der Waals surface area contributed by atoms with Crippen molar-refractivity contribution in [2.24, 2.45) is 0 Å². The van der Waals surface area contributed by atoms with Crippen LogP contribution in [-0.4, -0.2) is 25.2 Å². The maximum Gasteiger partial charge on any atom is 0.341 e. The summed E-state index contributed by atoms with van der Waals surface area (Å²) in [4.78, 5) is 23.5. The number of carbonyl (C=O) groups is 2. The molecule has 0 heterocycles. The number of hydrogen-bond acceptors (Lipinski definition) is 4. The first-order chi connectivity index (χ1) is 9.36. The molecule has 8 heteroatoms. The lowest BCUT2D eigenvalue weighted by Gasteiger charge is -2.13. The van der Waals surface area contributed by atoms with Crippen molar-refractivity contribution in [3.8, 4) is 0 Å². The van der Waals surface area contributed by atoms with Crippen LogP contribution in [0.2, 0.25) is 20.1 Å². The molecule has 0 radical (unpaired) electrons. The highest BCUT2D eigenvalue weighted by Gasteiger charge is 2.29. The van der Waals surface area contributed by atoms with Crippen molar-refractivity contribution in [3.05, 3.63) is 31.2 Å². The molecule has 0 saturated carbocycles. The third kappa shape index (κ3) is 3.31. The summed E-state index contributed by atoms with van der Waals surface area (Å²) in [6, 6.07) is 0. The number of benzene rings is 1. The molecular formula is C12H10Cl4O4. The highest BCUT2D eigenvalue weighted by molar-refractivity contribution is 6.52. The number of rotatable bonds is 4. The smallest absolute Gasteiger partial charge is 0.341 e. The van der Waals surface area contributed by atoms with E-state index in [1.165, 1.54) is 0 Å². The van der Waals surface area contributed by atoms with Crippen LogP contribution >= 0.6 is 46.4 Å². The molecule has 20 heavy (non-hydrogen) atoms. The summed E-state index contributed by atoms with van der Waals surface area (Å²) < 4.78 is 9.61. The minimum absolute atomic E-state index is 0.125. The predicted octanol–water partition coefficient (Wildman–Crippen LogP) is 4.65. The van der Waals surface area contributed by atoms with Gasteiger partial charge in [-0.05, 0) is 13.8 Å². The molecule has 0 aliphatic carbocycles. The maximum absolute atomic E-state index is 11.8. The molecule has 0 aliphatic heterocycles. The van der Waals surface area contributed by atoms with Gasteiger partial charge >= 0.3 is 11.9 Å². The van der Waals surface area contributed by atoms with Gasteiger partial charge in [-0.25, -0.2) is 9.59 Å². The van der Waals surface area contributed by atoms with E-state index in [-0.39, 0.29) is 44.4 Å². The summed E-state index contributed by atoms with van der Waals surface area (Å²) in [6.07, 6.45) is 0. The molecule has 0 spiro atoms. The number of halogens is 4. The van der Waals surface area contributed by atoms with E-state index in [2.05, 4.69) is 0 Å².